The van der Waals surface area contributed by atoms with Gasteiger partial charge in [0.05, 0.1) is 25.6 Å². The van der Waals surface area contributed by atoms with Gasteiger partial charge < -0.3 is 9.47 Å². The fourth-order valence-corrected chi connectivity index (χ4v) is 1.36. The molecule has 0 fully saturated rings. The molecule has 0 aliphatic heterocycles. The second kappa shape index (κ2) is 5.18. The number of hydrogen-bond donors (Lipinski definition) is 0. The molecule has 7 nitrogen and oxygen atoms in total. The van der Waals surface area contributed by atoms with E-state index in [2.05, 4.69) is 20.1 Å². The molecule has 2 heterocycles. The molecule has 18 heavy (non-hydrogen) atoms. The Morgan fingerprint density at radius 3 is 2.67 bits per heavy atom. The van der Waals surface area contributed by atoms with Gasteiger partial charge >= 0.3 is 6.01 Å². The topological polar surface area (TPSA) is 75.0 Å². The van der Waals surface area contributed by atoms with Crippen LogP contribution in [-0.2, 0) is 0 Å². The van der Waals surface area contributed by atoms with Gasteiger partial charge in [-0.15, -0.1) is 0 Å². The van der Waals surface area contributed by atoms with Gasteiger partial charge in [0.15, 0.2) is 5.75 Å². The number of ether oxygens (including phenoxy) is 2. The molecule has 0 aliphatic carbocycles. The van der Waals surface area contributed by atoms with Crippen molar-refractivity contribution < 1.29 is 9.47 Å². The van der Waals surface area contributed by atoms with Crippen LogP contribution in [0.5, 0.6) is 11.8 Å². The van der Waals surface area contributed by atoms with E-state index in [9.17, 15) is 0 Å². The van der Waals surface area contributed by atoms with Crippen LogP contribution in [0, 0.1) is 0 Å². The smallest absolute Gasteiger partial charge is 0.322 e. The van der Waals surface area contributed by atoms with Crippen LogP contribution in [0.3, 0.4) is 0 Å². The first-order valence-electron chi connectivity index (χ1n) is 5.25. The van der Waals surface area contributed by atoms with Crippen molar-refractivity contribution in [1.82, 2.24) is 24.7 Å². The van der Waals surface area contributed by atoms with Crippen molar-refractivity contribution in [2.45, 2.75) is 20.0 Å². The average molecular weight is 270 g/mol. The quantitative estimate of drug-likeness (QED) is 0.837. The molecular weight excluding hydrogens is 258 g/mol. The number of halogens is 1. The molecule has 0 radical (unpaired) electrons. The standard InChI is InChI=1S/C10H12ClN5O2/c1-6(2)18-10-14-8(11)13-9(15-10)16-5-7(17-3)4-12-16/h4-6H,1-3H3. The van der Waals surface area contributed by atoms with E-state index in [0.29, 0.717) is 5.75 Å². The predicted octanol–water partition coefficient (Wildman–Crippen LogP) is 1.51. The summed E-state index contributed by atoms with van der Waals surface area (Å²) >= 11 is 5.81. The minimum atomic E-state index is -0.0523. The summed E-state index contributed by atoms with van der Waals surface area (Å²) in [4.78, 5) is 11.9. The van der Waals surface area contributed by atoms with Crippen molar-refractivity contribution in [3.63, 3.8) is 0 Å². The normalized spacial score (nSPS) is 10.7. The van der Waals surface area contributed by atoms with Gasteiger partial charge in [-0.25, -0.2) is 4.68 Å². The third kappa shape index (κ3) is 2.86. The van der Waals surface area contributed by atoms with E-state index in [1.54, 1.807) is 19.5 Å². The third-order valence-corrected chi connectivity index (χ3v) is 2.09. The van der Waals surface area contributed by atoms with E-state index >= 15 is 0 Å². The van der Waals surface area contributed by atoms with E-state index < -0.39 is 0 Å². The van der Waals surface area contributed by atoms with Crippen LogP contribution in [0.4, 0.5) is 0 Å². The van der Waals surface area contributed by atoms with Crippen molar-refractivity contribution in [3.8, 4) is 17.7 Å². The Kier molecular flexibility index (Phi) is 3.61. The van der Waals surface area contributed by atoms with Gasteiger partial charge in [0.1, 0.15) is 0 Å². The first-order chi connectivity index (χ1) is 8.58. The number of rotatable bonds is 4. The molecule has 0 saturated carbocycles. The fourth-order valence-electron chi connectivity index (χ4n) is 1.21. The van der Waals surface area contributed by atoms with Crippen molar-refractivity contribution in [3.05, 3.63) is 17.7 Å². The monoisotopic (exact) mass is 269 g/mol. The molecule has 0 N–H and O–H groups in total. The summed E-state index contributed by atoms with van der Waals surface area (Å²) < 4.78 is 11.8. The Bertz CT molecular complexity index is 543. The van der Waals surface area contributed by atoms with Crippen LogP contribution >= 0.6 is 11.6 Å². The van der Waals surface area contributed by atoms with Gasteiger partial charge in [-0.05, 0) is 25.4 Å². The molecule has 2 aromatic heterocycles. The second-order valence-corrected chi connectivity index (χ2v) is 4.02. The molecule has 96 valence electrons. The molecular formula is C10H12ClN5O2. The van der Waals surface area contributed by atoms with Crippen LogP contribution in [0.25, 0.3) is 5.95 Å². The number of nitrogens with zero attached hydrogens (tertiary/aromatic N) is 5. The summed E-state index contributed by atoms with van der Waals surface area (Å²) in [5, 5.41) is 4.09. The first-order valence-corrected chi connectivity index (χ1v) is 5.63. The molecule has 0 aliphatic rings. The van der Waals surface area contributed by atoms with Crippen LogP contribution in [0.1, 0.15) is 13.8 Å². The Hall–Kier alpha value is -1.89. The van der Waals surface area contributed by atoms with E-state index in [1.165, 1.54) is 4.68 Å². The maximum absolute atomic E-state index is 5.81. The highest BCUT2D eigenvalue weighted by Crippen LogP contribution is 2.14. The number of aromatic nitrogens is 5. The zero-order valence-corrected chi connectivity index (χ0v) is 10.9. The van der Waals surface area contributed by atoms with Crippen molar-refractivity contribution >= 4 is 11.6 Å². The summed E-state index contributed by atoms with van der Waals surface area (Å²) in [5.41, 5.74) is 0. The second-order valence-electron chi connectivity index (χ2n) is 3.68. The maximum atomic E-state index is 5.81. The molecule has 0 unspecified atom stereocenters. The summed E-state index contributed by atoms with van der Waals surface area (Å²) in [6, 6.07) is 0.162. The molecule has 0 bridgehead atoms. The first kappa shape index (κ1) is 12.6. The van der Waals surface area contributed by atoms with Gasteiger partial charge in [-0.1, -0.05) is 0 Å². The van der Waals surface area contributed by atoms with Crippen molar-refractivity contribution in [2.75, 3.05) is 7.11 Å². The Balaban J connectivity index is 2.35. The summed E-state index contributed by atoms with van der Waals surface area (Å²) in [6.07, 6.45) is 3.12. The molecule has 0 atom stereocenters. The zero-order valence-electron chi connectivity index (χ0n) is 10.2. The Morgan fingerprint density at radius 2 is 2.06 bits per heavy atom. The zero-order chi connectivity index (χ0) is 13.1. The number of methoxy groups -OCH3 is 1. The number of hydrogen-bond acceptors (Lipinski definition) is 6. The predicted molar refractivity (Wildman–Crippen MR) is 64.3 cm³/mol. The third-order valence-electron chi connectivity index (χ3n) is 1.92. The minimum absolute atomic E-state index is 0.0464. The van der Waals surface area contributed by atoms with Crippen molar-refractivity contribution in [1.29, 1.82) is 0 Å². The van der Waals surface area contributed by atoms with Gasteiger partial charge in [-0.2, -0.15) is 20.1 Å². The highest BCUT2D eigenvalue weighted by atomic mass is 35.5. The fraction of sp³-hybridized carbons (Fsp3) is 0.400. The lowest BCUT2D eigenvalue weighted by atomic mass is 10.5. The Morgan fingerprint density at radius 1 is 1.28 bits per heavy atom. The van der Waals surface area contributed by atoms with Gasteiger partial charge in [0, 0.05) is 0 Å². The minimum Gasteiger partial charge on any atom is -0.493 e. The van der Waals surface area contributed by atoms with Gasteiger partial charge in [-0.3, -0.25) is 0 Å². The molecule has 2 rings (SSSR count). The summed E-state index contributed by atoms with van der Waals surface area (Å²) in [6.45, 7) is 3.74. The van der Waals surface area contributed by atoms with E-state index in [4.69, 9.17) is 21.1 Å². The summed E-state index contributed by atoms with van der Waals surface area (Å²) in [5.74, 6) is 0.867. The average Bonchev–Trinajstić information content (AvgIpc) is 2.75. The Labute approximate surface area is 109 Å². The van der Waals surface area contributed by atoms with E-state index in [-0.39, 0.29) is 23.3 Å². The highest BCUT2D eigenvalue weighted by Gasteiger charge is 2.10. The van der Waals surface area contributed by atoms with E-state index in [1.807, 2.05) is 13.8 Å². The lowest BCUT2D eigenvalue weighted by Crippen LogP contribution is -2.11. The van der Waals surface area contributed by atoms with Crippen LogP contribution in [-0.4, -0.2) is 37.9 Å². The van der Waals surface area contributed by atoms with Crippen molar-refractivity contribution in [2.24, 2.45) is 0 Å². The molecule has 2 aromatic rings. The van der Waals surface area contributed by atoms with Crippen LogP contribution in [0.15, 0.2) is 12.4 Å². The molecule has 8 heteroatoms. The van der Waals surface area contributed by atoms with Gasteiger partial charge in [0.25, 0.3) is 5.95 Å². The van der Waals surface area contributed by atoms with E-state index in [0.717, 1.165) is 0 Å². The maximum Gasteiger partial charge on any atom is 0.322 e. The molecule has 0 amide bonds. The molecule has 0 spiro atoms. The lowest BCUT2D eigenvalue weighted by molar-refractivity contribution is 0.221. The summed E-state index contributed by atoms with van der Waals surface area (Å²) in [7, 11) is 1.55. The highest BCUT2D eigenvalue weighted by molar-refractivity contribution is 6.28. The molecule has 0 saturated heterocycles. The SMILES string of the molecule is COc1cnn(-c2nc(Cl)nc(OC(C)C)n2)c1. The largest absolute Gasteiger partial charge is 0.493 e. The lowest BCUT2D eigenvalue weighted by Gasteiger charge is -2.08. The molecule has 0 aromatic carbocycles. The van der Waals surface area contributed by atoms with Crippen LogP contribution in [0.2, 0.25) is 5.28 Å². The van der Waals surface area contributed by atoms with Crippen LogP contribution < -0.4 is 9.47 Å². The van der Waals surface area contributed by atoms with Gasteiger partial charge in [0.2, 0.25) is 5.28 Å².